The molecule has 0 amide bonds. The van der Waals surface area contributed by atoms with Gasteiger partial charge in [0.1, 0.15) is 16.4 Å². The summed E-state index contributed by atoms with van der Waals surface area (Å²) in [6, 6.07) is 16.4. The molecule has 216 valence electrons. The Labute approximate surface area is 254 Å². The molecule has 0 atom stereocenters. The van der Waals surface area contributed by atoms with Gasteiger partial charge in [-0.25, -0.2) is 4.98 Å². The standard InChI is InChI=1S/C34H34ClN3O3S/c1-20-14-28-32(31(27(20)17-30(39)40)26-13-12-24(35)16-29(26)41-34(2,3)4)42-33(37-28)22-9-7-8-21(15-22)23-18-36-38(19-23)25-10-5-6-11-25/h7-9,12-16,18-19,25H,5-6,10-11,17H2,1-4H3,(H,39,40). The van der Waals surface area contributed by atoms with Crippen molar-refractivity contribution in [2.75, 3.05) is 0 Å². The van der Waals surface area contributed by atoms with Crippen molar-refractivity contribution in [2.24, 2.45) is 0 Å². The van der Waals surface area contributed by atoms with Crippen LogP contribution >= 0.6 is 22.9 Å². The minimum absolute atomic E-state index is 0.109. The maximum Gasteiger partial charge on any atom is 0.307 e. The van der Waals surface area contributed by atoms with Crippen LogP contribution in [0.4, 0.5) is 0 Å². The van der Waals surface area contributed by atoms with Gasteiger partial charge in [0.25, 0.3) is 0 Å². The number of carboxylic acid groups (broad SMARTS) is 1. The smallest absolute Gasteiger partial charge is 0.307 e. The number of hydrogen-bond donors (Lipinski definition) is 1. The number of ether oxygens (including phenoxy) is 1. The lowest BCUT2D eigenvalue weighted by Crippen LogP contribution is -2.23. The second-order valence-corrected chi connectivity index (χ2v) is 13.5. The lowest BCUT2D eigenvalue weighted by Gasteiger charge is -2.24. The first-order valence-corrected chi connectivity index (χ1v) is 15.5. The monoisotopic (exact) mass is 599 g/mol. The van der Waals surface area contributed by atoms with E-state index in [2.05, 4.69) is 40.2 Å². The molecular weight excluding hydrogens is 566 g/mol. The van der Waals surface area contributed by atoms with E-state index in [1.165, 1.54) is 25.7 Å². The highest BCUT2D eigenvalue weighted by atomic mass is 35.5. The molecule has 6 nitrogen and oxygen atoms in total. The molecule has 1 saturated carbocycles. The third-order valence-corrected chi connectivity index (χ3v) is 9.08. The van der Waals surface area contributed by atoms with Crippen molar-refractivity contribution < 1.29 is 14.6 Å². The average molecular weight is 600 g/mol. The zero-order chi connectivity index (χ0) is 29.6. The van der Waals surface area contributed by atoms with Crippen molar-refractivity contribution in [3.05, 3.63) is 77.1 Å². The lowest BCUT2D eigenvalue weighted by atomic mass is 9.92. The number of aryl methyl sites for hydroxylation is 1. The van der Waals surface area contributed by atoms with Gasteiger partial charge in [0.2, 0.25) is 0 Å². The third kappa shape index (κ3) is 5.81. The number of aliphatic carboxylic acids is 1. The number of carboxylic acids is 1. The minimum Gasteiger partial charge on any atom is -0.487 e. The minimum atomic E-state index is -0.887. The molecular formula is C34H34ClN3O3S. The van der Waals surface area contributed by atoms with Crippen LogP contribution in [-0.2, 0) is 11.2 Å². The van der Waals surface area contributed by atoms with Crippen molar-refractivity contribution in [3.63, 3.8) is 0 Å². The molecule has 1 aliphatic carbocycles. The summed E-state index contributed by atoms with van der Waals surface area (Å²) >= 11 is 7.97. The van der Waals surface area contributed by atoms with Crippen LogP contribution in [0.15, 0.2) is 60.9 Å². The zero-order valence-electron chi connectivity index (χ0n) is 24.3. The fraction of sp³-hybridized carbons (Fsp3) is 0.324. The van der Waals surface area contributed by atoms with Gasteiger partial charge in [0, 0.05) is 33.5 Å². The fourth-order valence-electron chi connectivity index (χ4n) is 5.83. The summed E-state index contributed by atoms with van der Waals surface area (Å²) in [5, 5.41) is 16.0. The Hall–Kier alpha value is -3.68. The molecule has 0 spiro atoms. The number of thiazole rings is 1. The first-order chi connectivity index (χ1) is 20.1. The first-order valence-electron chi connectivity index (χ1n) is 14.3. The SMILES string of the molecule is Cc1cc2nc(-c3cccc(-c4cnn(C5CCCC5)c4)c3)sc2c(-c2ccc(Cl)cc2OC(C)(C)C)c1CC(=O)O. The van der Waals surface area contributed by atoms with Crippen LogP contribution in [0.3, 0.4) is 0 Å². The number of carbonyl (C=O) groups is 1. The van der Waals surface area contributed by atoms with E-state index in [1.807, 2.05) is 52.1 Å². The molecule has 42 heavy (non-hydrogen) atoms. The van der Waals surface area contributed by atoms with Crippen LogP contribution in [0.2, 0.25) is 5.02 Å². The summed E-state index contributed by atoms with van der Waals surface area (Å²) in [6.07, 6.45) is 8.91. The van der Waals surface area contributed by atoms with E-state index in [0.29, 0.717) is 16.8 Å². The van der Waals surface area contributed by atoms with Crippen LogP contribution in [0.25, 0.3) is 43.0 Å². The van der Waals surface area contributed by atoms with Crippen LogP contribution < -0.4 is 4.74 Å². The molecule has 3 aromatic carbocycles. The van der Waals surface area contributed by atoms with Crippen LogP contribution in [-0.4, -0.2) is 31.4 Å². The van der Waals surface area contributed by atoms with Crippen molar-refractivity contribution >= 4 is 39.1 Å². The number of hydrogen-bond acceptors (Lipinski definition) is 5. The van der Waals surface area contributed by atoms with Gasteiger partial charge < -0.3 is 9.84 Å². The average Bonchev–Trinajstić information content (AvgIpc) is 3.69. The molecule has 5 aromatic rings. The summed E-state index contributed by atoms with van der Waals surface area (Å²) in [5.74, 6) is -0.272. The molecule has 2 heterocycles. The largest absolute Gasteiger partial charge is 0.487 e. The molecule has 0 unspecified atom stereocenters. The molecule has 2 aromatic heterocycles. The van der Waals surface area contributed by atoms with E-state index in [0.717, 1.165) is 54.2 Å². The normalized spacial score (nSPS) is 14.1. The predicted molar refractivity (Wildman–Crippen MR) is 171 cm³/mol. The van der Waals surface area contributed by atoms with Crippen LogP contribution in [0.1, 0.15) is 63.6 Å². The Bertz CT molecular complexity index is 1790. The molecule has 0 aliphatic heterocycles. The molecule has 1 N–H and O–H groups in total. The molecule has 0 radical (unpaired) electrons. The highest BCUT2D eigenvalue weighted by Gasteiger charge is 2.24. The Kier molecular flexibility index (Phi) is 7.58. The Balaban J connectivity index is 1.48. The number of halogens is 1. The van der Waals surface area contributed by atoms with Gasteiger partial charge in [-0.15, -0.1) is 11.3 Å². The number of fused-ring (bicyclic) bond motifs is 1. The van der Waals surface area contributed by atoms with Crippen LogP contribution in [0.5, 0.6) is 5.75 Å². The van der Waals surface area contributed by atoms with Gasteiger partial charge in [0.15, 0.2) is 0 Å². The van der Waals surface area contributed by atoms with E-state index in [9.17, 15) is 9.90 Å². The van der Waals surface area contributed by atoms with E-state index in [-0.39, 0.29) is 6.42 Å². The first kappa shape index (κ1) is 28.4. The van der Waals surface area contributed by atoms with E-state index in [4.69, 9.17) is 21.3 Å². The summed E-state index contributed by atoms with van der Waals surface area (Å²) in [6.45, 7) is 7.90. The van der Waals surface area contributed by atoms with Crippen molar-refractivity contribution in [2.45, 2.75) is 71.4 Å². The zero-order valence-corrected chi connectivity index (χ0v) is 25.9. The number of benzene rings is 3. The van der Waals surface area contributed by atoms with Gasteiger partial charge in [-0.05, 0) is 87.6 Å². The van der Waals surface area contributed by atoms with E-state index in [1.54, 1.807) is 17.4 Å². The fourth-order valence-corrected chi connectivity index (χ4v) is 7.12. The Morgan fingerprint density at radius 3 is 2.60 bits per heavy atom. The predicted octanol–water partition coefficient (Wildman–Crippen LogP) is 9.38. The quantitative estimate of drug-likeness (QED) is 0.202. The number of rotatable bonds is 7. The molecule has 0 bridgehead atoms. The van der Waals surface area contributed by atoms with E-state index < -0.39 is 11.6 Å². The summed E-state index contributed by atoms with van der Waals surface area (Å²) in [5.41, 5.74) is 6.82. The van der Waals surface area contributed by atoms with Gasteiger partial charge in [-0.1, -0.05) is 42.6 Å². The van der Waals surface area contributed by atoms with Gasteiger partial charge >= 0.3 is 5.97 Å². The van der Waals surface area contributed by atoms with Crippen molar-refractivity contribution in [1.82, 2.24) is 14.8 Å². The Morgan fingerprint density at radius 1 is 1.10 bits per heavy atom. The molecule has 1 aliphatic rings. The van der Waals surface area contributed by atoms with Gasteiger partial charge in [-0.2, -0.15) is 5.10 Å². The molecule has 0 saturated heterocycles. The van der Waals surface area contributed by atoms with Gasteiger partial charge in [0.05, 0.1) is 28.9 Å². The third-order valence-electron chi connectivity index (χ3n) is 7.71. The Morgan fingerprint density at radius 2 is 1.86 bits per heavy atom. The summed E-state index contributed by atoms with van der Waals surface area (Å²) in [7, 11) is 0. The molecule has 1 fully saturated rings. The highest BCUT2D eigenvalue weighted by molar-refractivity contribution is 7.22. The maximum atomic E-state index is 12.0. The van der Waals surface area contributed by atoms with Crippen molar-refractivity contribution in [3.8, 4) is 38.6 Å². The summed E-state index contributed by atoms with van der Waals surface area (Å²) < 4.78 is 9.40. The van der Waals surface area contributed by atoms with Gasteiger partial charge in [-0.3, -0.25) is 9.48 Å². The maximum absolute atomic E-state index is 12.0. The molecule has 8 heteroatoms. The second kappa shape index (κ2) is 11.2. The highest BCUT2D eigenvalue weighted by Crippen LogP contribution is 2.45. The van der Waals surface area contributed by atoms with Crippen molar-refractivity contribution in [1.29, 1.82) is 0 Å². The number of nitrogens with zero attached hydrogens (tertiary/aromatic N) is 3. The van der Waals surface area contributed by atoms with E-state index >= 15 is 0 Å². The van der Waals surface area contributed by atoms with Crippen LogP contribution in [0, 0.1) is 6.92 Å². The second-order valence-electron chi connectivity index (χ2n) is 12.1. The number of aromatic nitrogens is 3. The lowest BCUT2D eigenvalue weighted by molar-refractivity contribution is -0.136. The summed E-state index contributed by atoms with van der Waals surface area (Å²) in [4.78, 5) is 17.1. The molecule has 6 rings (SSSR count). The topological polar surface area (TPSA) is 77.2 Å².